The van der Waals surface area contributed by atoms with E-state index < -0.39 is 17.8 Å². The number of carboxylic acid groups (broad SMARTS) is 1. The summed E-state index contributed by atoms with van der Waals surface area (Å²) in [6, 6.07) is 16.2. The normalized spacial score (nSPS) is 15.3. The molecule has 1 saturated heterocycles. The van der Waals surface area contributed by atoms with E-state index >= 15 is 0 Å². The van der Waals surface area contributed by atoms with Crippen LogP contribution in [0, 0.1) is 0 Å². The topological polar surface area (TPSA) is 103 Å². The molecule has 0 aliphatic carbocycles. The molecule has 0 unspecified atom stereocenters. The van der Waals surface area contributed by atoms with Crippen LogP contribution in [-0.4, -0.2) is 22.9 Å². The Morgan fingerprint density at radius 3 is 2.61 bits per heavy atom. The van der Waals surface area contributed by atoms with Crippen molar-refractivity contribution in [2.75, 3.05) is 4.90 Å². The Labute approximate surface area is 190 Å². The van der Waals surface area contributed by atoms with Crippen molar-refractivity contribution in [3.05, 3.63) is 82.0 Å². The van der Waals surface area contributed by atoms with Crippen LogP contribution in [0.5, 0.6) is 0 Å². The fourth-order valence-corrected chi connectivity index (χ4v) is 3.70. The first-order valence-corrected chi connectivity index (χ1v) is 10.1. The zero-order chi connectivity index (χ0) is 22.1. The lowest BCUT2D eigenvalue weighted by molar-refractivity contribution is -0.255. The number of carboxylic acids is 1. The fourth-order valence-electron chi connectivity index (χ4n) is 3.03. The van der Waals surface area contributed by atoms with E-state index in [0.717, 1.165) is 4.47 Å². The van der Waals surface area contributed by atoms with E-state index in [-0.39, 0.29) is 22.0 Å². The van der Waals surface area contributed by atoms with Crippen LogP contribution < -0.4 is 15.3 Å². The highest BCUT2D eigenvalue weighted by atomic mass is 79.9. The summed E-state index contributed by atoms with van der Waals surface area (Å²) in [7, 11) is 0. The summed E-state index contributed by atoms with van der Waals surface area (Å²) in [5.41, 5.74) is 0.865. The third-order valence-electron chi connectivity index (χ3n) is 4.46. The van der Waals surface area contributed by atoms with Gasteiger partial charge < -0.3 is 14.3 Å². The molecule has 1 aliphatic rings. The predicted octanol–water partition coefficient (Wildman–Crippen LogP) is 2.90. The standard InChI is InChI=1S/C22H13BrN2O5S/c23-14-5-2-6-15(10-14)25-20(27)17(19(26)24-22(25)31)11-16-7-8-18(30-16)12-3-1-4-13(9-12)21(28)29/h1-11H,(H,28,29)(H,24,26,31)/p-1/b17-11-. The van der Waals surface area contributed by atoms with Crippen LogP contribution in [-0.2, 0) is 9.59 Å². The van der Waals surface area contributed by atoms with Crippen molar-refractivity contribution in [1.82, 2.24) is 5.32 Å². The first-order chi connectivity index (χ1) is 14.8. The lowest BCUT2D eigenvalue weighted by Gasteiger charge is -2.28. The van der Waals surface area contributed by atoms with Crippen LogP contribution in [0.15, 0.2) is 75.1 Å². The van der Waals surface area contributed by atoms with Crippen LogP contribution in [0.2, 0.25) is 0 Å². The number of amides is 2. The van der Waals surface area contributed by atoms with Gasteiger partial charge in [-0.25, -0.2) is 0 Å². The van der Waals surface area contributed by atoms with Gasteiger partial charge in [0.05, 0.1) is 11.7 Å². The van der Waals surface area contributed by atoms with E-state index in [9.17, 15) is 19.5 Å². The van der Waals surface area contributed by atoms with Crippen molar-refractivity contribution in [3.63, 3.8) is 0 Å². The fraction of sp³-hybridized carbons (Fsp3) is 0. The maximum Gasteiger partial charge on any atom is 0.270 e. The molecule has 1 aliphatic heterocycles. The van der Waals surface area contributed by atoms with Gasteiger partial charge in [-0.3, -0.25) is 19.8 Å². The Kier molecular flexibility index (Phi) is 5.53. The molecule has 2 aromatic carbocycles. The molecule has 1 aromatic heterocycles. The zero-order valence-electron chi connectivity index (χ0n) is 15.6. The molecule has 2 amide bonds. The number of halogens is 1. The largest absolute Gasteiger partial charge is 0.545 e. The summed E-state index contributed by atoms with van der Waals surface area (Å²) in [5, 5.41) is 13.6. The van der Waals surface area contributed by atoms with E-state index in [0.29, 0.717) is 17.0 Å². The molecule has 1 fully saturated rings. The number of hydrogen-bond donors (Lipinski definition) is 1. The Hall–Kier alpha value is -3.56. The molecule has 31 heavy (non-hydrogen) atoms. The van der Waals surface area contributed by atoms with Gasteiger partial charge in [0.25, 0.3) is 11.8 Å². The summed E-state index contributed by atoms with van der Waals surface area (Å²) in [6.45, 7) is 0. The van der Waals surface area contributed by atoms with E-state index in [1.165, 1.54) is 23.1 Å². The maximum absolute atomic E-state index is 13.0. The number of furan rings is 1. The van der Waals surface area contributed by atoms with Gasteiger partial charge in [-0.05, 0) is 60.3 Å². The van der Waals surface area contributed by atoms with Gasteiger partial charge in [0.2, 0.25) is 0 Å². The van der Waals surface area contributed by atoms with Gasteiger partial charge in [-0.15, -0.1) is 0 Å². The molecule has 2 heterocycles. The molecule has 0 spiro atoms. The van der Waals surface area contributed by atoms with E-state index in [1.54, 1.807) is 48.5 Å². The molecule has 154 valence electrons. The molecule has 0 radical (unpaired) electrons. The Balaban J connectivity index is 1.67. The number of carbonyl (C=O) groups excluding carboxylic acids is 3. The molecular weight excluding hydrogens is 484 g/mol. The summed E-state index contributed by atoms with van der Waals surface area (Å²) in [6.07, 6.45) is 1.32. The van der Waals surface area contributed by atoms with Crippen molar-refractivity contribution in [2.45, 2.75) is 0 Å². The van der Waals surface area contributed by atoms with E-state index in [2.05, 4.69) is 21.2 Å². The highest BCUT2D eigenvalue weighted by Gasteiger charge is 2.34. The summed E-state index contributed by atoms with van der Waals surface area (Å²) in [5.74, 6) is -1.92. The number of rotatable bonds is 4. The van der Waals surface area contributed by atoms with Crippen LogP contribution in [0.4, 0.5) is 5.69 Å². The monoisotopic (exact) mass is 495 g/mol. The van der Waals surface area contributed by atoms with Gasteiger partial charge in [-0.1, -0.05) is 40.2 Å². The minimum Gasteiger partial charge on any atom is -0.545 e. The van der Waals surface area contributed by atoms with Gasteiger partial charge in [0.1, 0.15) is 17.1 Å². The minimum atomic E-state index is -1.30. The molecule has 1 N–H and O–H groups in total. The quantitative estimate of drug-likeness (QED) is 0.339. The van der Waals surface area contributed by atoms with Crippen LogP contribution >= 0.6 is 28.1 Å². The number of hydrogen-bond acceptors (Lipinski definition) is 6. The van der Waals surface area contributed by atoms with Crippen LogP contribution in [0.1, 0.15) is 16.1 Å². The lowest BCUT2D eigenvalue weighted by Crippen LogP contribution is -2.54. The van der Waals surface area contributed by atoms with Gasteiger partial charge in [0.15, 0.2) is 5.11 Å². The number of anilines is 1. The third-order valence-corrected chi connectivity index (χ3v) is 5.24. The van der Waals surface area contributed by atoms with Crippen molar-refractivity contribution < 1.29 is 23.9 Å². The number of nitrogens with zero attached hydrogens (tertiary/aromatic N) is 1. The first-order valence-electron chi connectivity index (χ1n) is 8.92. The molecule has 0 saturated carbocycles. The number of thiocarbonyl (C=S) groups is 1. The number of benzene rings is 2. The number of nitrogens with one attached hydrogen (secondary N) is 1. The second kappa shape index (κ2) is 8.29. The average molecular weight is 496 g/mol. The summed E-state index contributed by atoms with van der Waals surface area (Å²) < 4.78 is 6.46. The predicted molar refractivity (Wildman–Crippen MR) is 119 cm³/mol. The Bertz CT molecular complexity index is 1280. The second-order valence-electron chi connectivity index (χ2n) is 6.51. The molecule has 7 nitrogen and oxygen atoms in total. The van der Waals surface area contributed by atoms with Crippen LogP contribution in [0.3, 0.4) is 0 Å². The molecule has 0 bridgehead atoms. The summed E-state index contributed by atoms with van der Waals surface area (Å²) in [4.78, 5) is 37.8. The second-order valence-corrected chi connectivity index (χ2v) is 7.81. The third kappa shape index (κ3) is 4.18. The Morgan fingerprint density at radius 2 is 1.87 bits per heavy atom. The SMILES string of the molecule is O=C1NC(=S)N(c2cccc(Br)c2)C(=O)/C1=C\c1ccc(-c2cccc(C(=O)[O-])c2)o1. The number of aromatic carboxylic acids is 1. The van der Waals surface area contributed by atoms with Gasteiger partial charge in [-0.2, -0.15) is 0 Å². The molecular formula is C22H12BrN2O5S-. The Morgan fingerprint density at radius 1 is 1.10 bits per heavy atom. The van der Waals surface area contributed by atoms with Gasteiger partial charge in [0, 0.05) is 10.0 Å². The maximum atomic E-state index is 13.0. The van der Waals surface area contributed by atoms with Crippen molar-refractivity contribution >= 4 is 62.8 Å². The van der Waals surface area contributed by atoms with Crippen LogP contribution in [0.25, 0.3) is 17.4 Å². The summed E-state index contributed by atoms with van der Waals surface area (Å²) >= 11 is 8.53. The van der Waals surface area contributed by atoms with Gasteiger partial charge >= 0.3 is 0 Å². The highest BCUT2D eigenvalue weighted by Crippen LogP contribution is 2.27. The smallest absolute Gasteiger partial charge is 0.270 e. The number of carbonyl (C=O) groups is 3. The van der Waals surface area contributed by atoms with Crippen molar-refractivity contribution in [3.8, 4) is 11.3 Å². The zero-order valence-corrected chi connectivity index (χ0v) is 18.0. The van der Waals surface area contributed by atoms with E-state index in [4.69, 9.17) is 16.6 Å². The first kappa shape index (κ1) is 20.7. The van der Waals surface area contributed by atoms with Crippen molar-refractivity contribution in [1.29, 1.82) is 0 Å². The molecule has 4 rings (SSSR count). The van der Waals surface area contributed by atoms with Crippen molar-refractivity contribution in [2.24, 2.45) is 0 Å². The molecule has 3 aromatic rings. The highest BCUT2D eigenvalue weighted by molar-refractivity contribution is 9.10. The van der Waals surface area contributed by atoms with E-state index in [1.807, 2.05) is 0 Å². The lowest BCUT2D eigenvalue weighted by atomic mass is 10.1. The minimum absolute atomic E-state index is 0.00816. The average Bonchev–Trinajstić information content (AvgIpc) is 3.20. The molecule has 0 atom stereocenters. The molecule has 9 heteroatoms.